The van der Waals surface area contributed by atoms with Gasteiger partial charge >= 0.3 is 0 Å². The average Bonchev–Trinajstić information content (AvgIpc) is 2.37. The van der Waals surface area contributed by atoms with Crippen molar-refractivity contribution in [3.63, 3.8) is 0 Å². The molecule has 2 heteroatoms. The van der Waals surface area contributed by atoms with Gasteiger partial charge in [0.1, 0.15) is 0 Å². The summed E-state index contributed by atoms with van der Waals surface area (Å²) in [5.41, 5.74) is 3.08. The van der Waals surface area contributed by atoms with Gasteiger partial charge in [-0.25, -0.2) is 0 Å². The fourth-order valence-corrected chi connectivity index (χ4v) is 3.35. The molecule has 0 radical (unpaired) electrons. The van der Waals surface area contributed by atoms with Crippen LogP contribution in [0.1, 0.15) is 57.6 Å². The van der Waals surface area contributed by atoms with E-state index in [0.717, 1.165) is 12.5 Å². The minimum Gasteiger partial charge on any atom is -0.310 e. The molecule has 1 aromatic rings. The molecule has 2 unspecified atom stereocenters. The Morgan fingerprint density at radius 1 is 1.26 bits per heavy atom. The summed E-state index contributed by atoms with van der Waals surface area (Å²) < 4.78 is 0. The van der Waals surface area contributed by atoms with Crippen LogP contribution in [-0.2, 0) is 6.54 Å². The second kappa shape index (κ2) is 6.04. The van der Waals surface area contributed by atoms with Gasteiger partial charge in [-0.1, -0.05) is 33.6 Å². The molecule has 1 heterocycles. The zero-order valence-corrected chi connectivity index (χ0v) is 12.9. The maximum absolute atomic E-state index is 4.17. The van der Waals surface area contributed by atoms with E-state index in [1.807, 2.05) is 12.4 Å². The Hall–Kier alpha value is -0.890. The quantitative estimate of drug-likeness (QED) is 0.885. The van der Waals surface area contributed by atoms with Crippen LogP contribution in [0.25, 0.3) is 0 Å². The van der Waals surface area contributed by atoms with Gasteiger partial charge in [0.2, 0.25) is 0 Å². The van der Waals surface area contributed by atoms with Crippen LogP contribution in [0.5, 0.6) is 0 Å². The van der Waals surface area contributed by atoms with E-state index in [2.05, 4.69) is 44.1 Å². The molecule has 0 bridgehead atoms. The maximum Gasteiger partial charge on any atom is 0.0300 e. The highest BCUT2D eigenvalue weighted by atomic mass is 14.9. The summed E-state index contributed by atoms with van der Waals surface area (Å²) in [5.74, 6) is 0.795. The van der Waals surface area contributed by atoms with Gasteiger partial charge in [0.15, 0.2) is 0 Å². The number of rotatable bonds is 3. The minimum atomic E-state index is 0.408. The van der Waals surface area contributed by atoms with Crippen molar-refractivity contribution < 1.29 is 0 Å². The minimum absolute atomic E-state index is 0.408. The number of hydrogen-bond acceptors (Lipinski definition) is 2. The lowest BCUT2D eigenvalue weighted by molar-refractivity contribution is 0.130. The first-order chi connectivity index (χ1) is 8.98. The van der Waals surface area contributed by atoms with E-state index in [1.165, 1.54) is 36.8 Å². The molecule has 2 rings (SSSR count). The van der Waals surface area contributed by atoms with Gasteiger partial charge in [0.25, 0.3) is 0 Å². The molecule has 19 heavy (non-hydrogen) atoms. The van der Waals surface area contributed by atoms with E-state index in [-0.39, 0.29) is 0 Å². The van der Waals surface area contributed by atoms with Crippen molar-refractivity contribution in [2.45, 2.75) is 66.0 Å². The number of nitrogens with one attached hydrogen (secondary N) is 1. The Balaban J connectivity index is 1.99. The Morgan fingerprint density at radius 3 is 2.68 bits per heavy atom. The molecule has 0 aromatic carbocycles. The van der Waals surface area contributed by atoms with Gasteiger partial charge in [-0.05, 0) is 48.3 Å². The highest BCUT2D eigenvalue weighted by Crippen LogP contribution is 2.38. The molecule has 0 amide bonds. The van der Waals surface area contributed by atoms with Crippen LogP contribution in [0.15, 0.2) is 18.5 Å². The third-order valence-corrected chi connectivity index (χ3v) is 4.57. The van der Waals surface area contributed by atoms with Crippen molar-refractivity contribution in [3.05, 3.63) is 29.6 Å². The highest BCUT2D eigenvalue weighted by molar-refractivity contribution is 5.21. The first-order valence-corrected chi connectivity index (χ1v) is 7.61. The van der Waals surface area contributed by atoms with Crippen molar-refractivity contribution >= 4 is 0 Å². The van der Waals surface area contributed by atoms with Crippen molar-refractivity contribution in [2.75, 3.05) is 0 Å². The SMILES string of the molecule is Cc1cnccc1CNC1CCCCC1C(C)(C)C. The normalized spacial score (nSPS) is 24.4. The second-order valence-corrected chi connectivity index (χ2v) is 7.05. The molecule has 1 fully saturated rings. The molecular formula is C17H28N2. The zero-order chi connectivity index (χ0) is 13.9. The number of nitrogens with zero attached hydrogens (tertiary/aromatic N) is 1. The molecule has 2 atom stereocenters. The molecule has 0 aliphatic heterocycles. The standard InChI is InChI=1S/C17H28N2/c1-13-11-18-10-9-14(13)12-19-16-8-6-5-7-15(16)17(2,3)4/h9-11,15-16,19H,5-8,12H2,1-4H3. The van der Waals surface area contributed by atoms with Crippen LogP contribution >= 0.6 is 0 Å². The molecule has 0 spiro atoms. The summed E-state index contributed by atoms with van der Waals surface area (Å²) in [6.45, 7) is 10.3. The summed E-state index contributed by atoms with van der Waals surface area (Å²) >= 11 is 0. The van der Waals surface area contributed by atoms with Gasteiger partial charge in [0, 0.05) is 25.0 Å². The smallest absolute Gasteiger partial charge is 0.0300 e. The number of hydrogen-bond donors (Lipinski definition) is 1. The lowest BCUT2D eigenvalue weighted by Gasteiger charge is -2.41. The molecular weight excluding hydrogens is 232 g/mol. The number of aryl methyl sites for hydroxylation is 1. The number of pyridine rings is 1. The molecule has 1 N–H and O–H groups in total. The average molecular weight is 260 g/mol. The van der Waals surface area contributed by atoms with E-state index in [0.29, 0.717) is 11.5 Å². The molecule has 2 nitrogen and oxygen atoms in total. The lowest BCUT2D eigenvalue weighted by Crippen LogP contribution is -2.44. The summed E-state index contributed by atoms with van der Waals surface area (Å²) in [4.78, 5) is 4.17. The third-order valence-electron chi connectivity index (χ3n) is 4.57. The zero-order valence-electron chi connectivity index (χ0n) is 12.9. The molecule has 1 aliphatic rings. The summed E-state index contributed by atoms with van der Waals surface area (Å²) in [7, 11) is 0. The van der Waals surface area contributed by atoms with Crippen molar-refractivity contribution in [1.29, 1.82) is 0 Å². The maximum atomic E-state index is 4.17. The van der Waals surface area contributed by atoms with E-state index in [9.17, 15) is 0 Å². The molecule has 1 aromatic heterocycles. The Labute approximate surface area is 118 Å². The Morgan fingerprint density at radius 2 is 2.00 bits per heavy atom. The molecule has 106 valence electrons. The summed E-state index contributed by atoms with van der Waals surface area (Å²) in [6.07, 6.45) is 9.32. The van der Waals surface area contributed by atoms with E-state index in [4.69, 9.17) is 0 Å². The van der Waals surface area contributed by atoms with Crippen molar-refractivity contribution in [3.8, 4) is 0 Å². The molecule has 1 saturated carbocycles. The van der Waals surface area contributed by atoms with E-state index < -0.39 is 0 Å². The van der Waals surface area contributed by atoms with Gasteiger partial charge < -0.3 is 5.32 Å². The van der Waals surface area contributed by atoms with Crippen LogP contribution < -0.4 is 5.32 Å². The van der Waals surface area contributed by atoms with Gasteiger partial charge in [-0.15, -0.1) is 0 Å². The first kappa shape index (κ1) is 14.5. The van der Waals surface area contributed by atoms with Crippen LogP contribution in [-0.4, -0.2) is 11.0 Å². The Bertz CT molecular complexity index is 406. The monoisotopic (exact) mass is 260 g/mol. The third kappa shape index (κ3) is 3.79. The predicted octanol–water partition coefficient (Wildman–Crippen LogP) is 4.08. The van der Waals surface area contributed by atoms with Gasteiger partial charge in [0.05, 0.1) is 0 Å². The largest absolute Gasteiger partial charge is 0.310 e. The van der Waals surface area contributed by atoms with Gasteiger partial charge in [-0.3, -0.25) is 4.98 Å². The summed E-state index contributed by atoms with van der Waals surface area (Å²) in [6, 6.07) is 2.80. The van der Waals surface area contributed by atoms with Crippen LogP contribution in [0.4, 0.5) is 0 Å². The van der Waals surface area contributed by atoms with Crippen molar-refractivity contribution in [2.24, 2.45) is 11.3 Å². The van der Waals surface area contributed by atoms with Crippen LogP contribution in [0.2, 0.25) is 0 Å². The molecule has 0 saturated heterocycles. The fourth-order valence-electron chi connectivity index (χ4n) is 3.35. The topological polar surface area (TPSA) is 24.9 Å². The fraction of sp³-hybridized carbons (Fsp3) is 0.706. The van der Waals surface area contributed by atoms with E-state index in [1.54, 1.807) is 0 Å². The number of aromatic nitrogens is 1. The highest BCUT2D eigenvalue weighted by Gasteiger charge is 2.33. The first-order valence-electron chi connectivity index (χ1n) is 7.61. The van der Waals surface area contributed by atoms with Crippen LogP contribution in [0.3, 0.4) is 0 Å². The van der Waals surface area contributed by atoms with Gasteiger partial charge in [-0.2, -0.15) is 0 Å². The second-order valence-electron chi connectivity index (χ2n) is 7.05. The van der Waals surface area contributed by atoms with E-state index >= 15 is 0 Å². The van der Waals surface area contributed by atoms with Crippen molar-refractivity contribution in [1.82, 2.24) is 10.3 Å². The lowest BCUT2D eigenvalue weighted by atomic mass is 9.69. The predicted molar refractivity (Wildman–Crippen MR) is 81.0 cm³/mol. The van der Waals surface area contributed by atoms with Crippen LogP contribution in [0, 0.1) is 18.3 Å². The Kier molecular flexibility index (Phi) is 4.62. The molecule has 1 aliphatic carbocycles. The summed E-state index contributed by atoms with van der Waals surface area (Å²) in [5, 5.41) is 3.81.